The number of aliphatic hydroxyl groups excluding tert-OH is 1. The lowest BCUT2D eigenvalue weighted by Gasteiger charge is -2.22. The van der Waals surface area contributed by atoms with E-state index in [0.29, 0.717) is 10.7 Å². The van der Waals surface area contributed by atoms with Crippen molar-refractivity contribution in [2.24, 2.45) is 7.05 Å². The van der Waals surface area contributed by atoms with Gasteiger partial charge in [0.15, 0.2) is 0 Å². The van der Waals surface area contributed by atoms with E-state index in [1.165, 1.54) is 4.90 Å². The largest absolute Gasteiger partial charge is 0.394 e. The number of aryl methyl sites for hydroxylation is 1. The predicted molar refractivity (Wildman–Crippen MR) is 61.8 cm³/mol. The number of carbonyl (C=O) groups excluding carboxylic acids is 1. The Morgan fingerprint density at radius 1 is 1.71 bits per heavy atom. The molecule has 0 aromatic carbocycles. The standard InChI is InChI=1S/C11H14ClFN2O2/c1-14-4-7(12)2-10(14)11(17)15-5-8(13)3-9(15)6-16/h2,4,8-9,16H,3,5-6H2,1H3/t8-,9-/m0/s1. The lowest BCUT2D eigenvalue weighted by atomic mass is 10.2. The van der Waals surface area contributed by atoms with Crippen LogP contribution < -0.4 is 0 Å². The Bertz CT molecular complexity index is 435. The molecule has 2 rings (SSSR count). The van der Waals surface area contributed by atoms with Gasteiger partial charge in [-0.2, -0.15) is 0 Å². The molecule has 94 valence electrons. The Kier molecular flexibility index (Phi) is 3.40. The summed E-state index contributed by atoms with van der Waals surface area (Å²) in [5, 5.41) is 9.60. The number of hydrogen-bond donors (Lipinski definition) is 1. The smallest absolute Gasteiger partial charge is 0.270 e. The Hall–Kier alpha value is -1.07. The molecule has 2 heterocycles. The molecule has 1 N–H and O–H groups in total. The molecule has 1 aliphatic rings. The minimum atomic E-state index is -1.06. The van der Waals surface area contributed by atoms with Crippen LogP contribution in [0.1, 0.15) is 16.9 Å². The first-order valence-electron chi connectivity index (χ1n) is 5.40. The van der Waals surface area contributed by atoms with E-state index < -0.39 is 12.2 Å². The van der Waals surface area contributed by atoms with Crippen molar-refractivity contribution in [3.63, 3.8) is 0 Å². The third kappa shape index (κ3) is 2.30. The molecule has 4 nitrogen and oxygen atoms in total. The van der Waals surface area contributed by atoms with Gasteiger partial charge in [-0.25, -0.2) is 4.39 Å². The molecule has 1 aromatic heterocycles. The first-order chi connectivity index (χ1) is 8.02. The van der Waals surface area contributed by atoms with Gasteiger partial charge in [0.2, 0.25) is 0 Å². The second kappa shape index (κ2) is 4.66. The summed E-state index contributed by atoms with van der Waals surface area (Å²) in [6, 6.07) is 1.11. The quantitative estimate of drug-likeness (QED) is 0.869. The third-order valence-corrected chi connectivity index (χ3v) is 3.23. The monoisotopic (exact) mass is 260 g/mol. The zero-order chi connectivity index (χ0) is 12.6. The average Bonchev–Trinajstić information content (AvgIpc) is 2.80. The van der Waals surface area contributed by atoms with Gasteiger partial charge >= 0.3 is 0 Å². The first-order valence-corrected chi connectivity index (χ1v) is 5.78. The van der Waals surface area contributed by atoms with Crippen molar-refractivity contribution >= 4 is 17.5 Å². The van der Waals surface area contributed by atoms with Crippen LogP contribution in [0.25, 0.3) is 0 Å². The lowest BCUT2D eigenvalue weighted by molar-refractivity contribution is 0.0663. The van der Waals surface area contributed by atoms with Crippen molar-refractivity contribution in [3.05, 3.63) is 23.0 Å². The minimum absolute atomic E-state index is 0.0346. The fourth-order valence-electron chi connectivity index (χ4n) is 2.17. The number of aliphatic hydroxyl groups is 1. The molecule has 1 fully saturated rings. The minimum Gasteiger partial charge on any atom is -0.394 e. The first kappa shape index (κ1) is 12.4. The van der Waals surface area contributed by atoms with Crippen LogP contribution >= 0.6 is 11.6 Å². The van der Waals surface area contributed by atoms with E-state index >= 15 is 0 Å². The Balaban J connectivity index is 2.22. The van der Waals surface area contributed by atoms with Crippen molar-refractivity contribution in [3.8, 4) is 0 Å². The molecule has 0 aliphatic carbocycles. The molecule has 1 aromatic rings. The Labute approximate surface area is 104 Å². The van der Waals surface area contributed by atoms with Crippen LogP contribution in [0.2, 0.25) is 5.02 Å². The van der Waals surface area contributed by atoms with Crippen LogP contribution in [-0.4, -0.2) is 45.8 Å². The van der Waals surface area contributed by atoms with Gasteiger partial charge in [0.05, 0.1) is 24.2 Å². The number of amides is 1. The lowest BCUT2D eigenvalue weighted by Crippen LogP contribution is -2.38. The number of aromatic nitrogens is 1. The molecule has 1 amide bonds. The van der Waals surface area contributed by atoms with E-state index in [9.17, 15) is 9.18 Å². The molecule has 0 radical (unpaired) electrons. The third-order valence-electron chi connectivity index (χ3n) is 3.03. The summed E-state index contributed by atoms with van der Waals surface area (Å²) in [5.41, 5.74) is 0.405. The van der Waals surface area contributed by atoms with Gasteiger partial charge in [-0.3, -0.25) is 4.79 Å². The number of rotatable bonds is 2. The molecule has 17 heavy (non-hydrogen) atoms. The molecule has 6 heteroatoms. The van der Waals surface area contributed by atoms with E-state index in [1.54, 1.807) is 23.9 Å². The Morgan fingerprint density at radius 2 is 2.41 bits per heavy atom. The van der Waals surface area contributed by atoms with Crippen molar-refractivity contribution in [2.45, 2.75) is 18.6 Å². The highest BCUT2D eigenvalue weighted by Crippen LogP contribution is 2.23. The molecule has 0 bridgehead atoms. The number of hydrogen-bond acceptors (Lipinski definition) is 2. The second-order valence-electron chi connectivity index (χ2n) is 4.28. The van der Waals surface area contributed by atoms with Gasteiger partial charge in [-0.1, -0.05) is 11.6 Å². The van der Waals surface area contributed by atoms with E-state index in [1.807, 2.05) is 0 Å². The van der Waals surface area contributed by atoms with Gasteiger partial charge in [0, 0.05) is 19.7 Å². The number of likely N-dealkylation sites (tertiary alicyclic amines) is 1. The number of carbonyl (C=O) groups is 1. The summed E-state index contributed by atoms with van der Waals surface area (Å²) >= 11 is 5.80. The maximum atomic E-state index is 13.3. The molecule has 1 aliphatic heterocycles. The Morgan fingerprint density at radius 3 is 2.94 bits per heavy atom. The molecular formula is C11H14ClFN2O2. The van der Waals surface area contributed by atoms with E-state index in [2.05, 4.69) is 0 Å². The maximum absolute atomic E-state index is 13.3. The van der Waals surface area contributed by atoms with E-state index in [4.69, 9.17) is 16.7 Å². The summed E-state index contributed by atoms with van der Waals surface area (Å²) in [7, 11) is 1.70. The zero-order valence-corrected chi connectivity index (χ0v) is 10.2. The van der Waals surface area contributed by atoms with Crippen LogP contribution in [0.3, 0.4) is 0 Å². The number of nitrogens with zero attached hydrogens (tertiary/aromatic N) is 2. The molecule has 0 spiro atoms. The molecule has 0 unspecified atom stereocenters. The fraction of sp³-hybridized carbons (Fsp3) is 0.545. The van der Waals surface area contributed by atoms with Crippen LogP contribution in [0.15, 0.2) is 12.3 Å². The van der Waals surface area contributed by atoms with Crippen LogP contribution in [0.5, 0.6) is 0 Å². The van der Waals surface area contributed by atoms with Crippen LogP contribution in [0.4, 0.5) is 4.39 Å². The normalized spacial score (nSPS) is 24.4. The summed E-state index contributed by atoms with van der Waals surface area (Å²) in [6.07, 6.45) is 0.749. The molecule has 0 saturated carbocycles. The summed E-state index contributed by atoms with van der Waals surface area (Å²) in [5.74, 6) is -0.293. The summed E-state index contributed by atoms with van der Waals surface area (Å²) in [6.45, 7) is -0.183. The highest BCUT2D eigenvalue weighted by Gasteiger charge is 2.36. The van der Waals surface area contributed by atoms with Crippen LogP contribution in [0, 0.1) is 0 Å². The molecular weight excluding hydrogens is 247 g/mol. The maximum Gasteiger partial charge on any atom is 0.270 e. The van der Waals surface area contributed by atoms with Gasteiger partial charge in [0.1, 0.15) is 11.9 Å². The second-order valence-corrected chi connectivity index (χ2v) is 4.72. The summed E-state index contributed by atoms with van der Waals surface area (Å²) < 4.78 is 14.9. The van der Waals surface area contributed by atoms with Crippen LogP contribution in [-0.2, 0) is 7.05 Å². The number of alkyl halides is 1. The van der Waals surface area contributed by atoms with Gasteiger partial charge < -0.3 is 14.6 Å². The van der Waals surface area contributed by atoms with Gasteiger partial charge in [-0.05, 0) is 6.07 Å². The van der Waals surface area contributed by atoms with Crippen molar-refractivity contribution in [1.29, 1.82) is 0 Å². The molecule has 2 atom stereocenters. The predicted octanol–water partition coefficient (Wildman–Crippen LogP) is 1.22. The zero-order valence-electron chi connectivity index (χ0n) is 9.44. The fourth-order valence-corrected chi connectivity index (χ4v) is 2.42. The average molecular weight is 261 g/mol. The van der Waals surface area contributed by atoms with E-state index in [0.717, 1.165) is 0 Å². The summed E-state index contributed by atoms with van der Waals surface area (Å²) in [4.78, 5) is 13.5. The van der Waals surface area contributed by atoms with Crippen molar-refractivity contribution in [1.82, 2.24) is 9.47 Å². The van der Waals surface area contributed by atoms with Gasteiger partial charge in [-0.15, -0.1) is 0 Å². The van der Waals surface area contributed by atoms with Crippen molar-refractivity contribution in [2.75, 3.05) is 13.2 Å². The number of halogens is 2. The highest BCUT2D eigenvalue weighted by atomic mass is 35.5. The van der Waals surface area contributed by atoms with Gasteiger partial charge in [0.25, 0.3) is 5.91 Å². The SMILES string of the molecule is Cn1cc(Cl)cc1C(=O)N1C[C@@H](F)C[C@H]1CO. The van der Waals surface area contributed by atoms with E-state index in [-0.39, 0.29) is 25.5 Å². The van der Waals surface area contributed by atoms with Crippen molar-refractivity contribution < 1.29 is 14.3 Å². The highest BCUT2D eigenvalue weighted by molar-refractivity contribution is 6.31. The topological polar surface area (TPSA) is 45.5 Å². The molecule has 1 saturated heterocycles.